The number of allylic oxidation sites excluding steroid dienone is 2. The van der Waals surface area contributed by atoms with Crippen LogP contribution in [0.4, 0.5) is 0 Å². The molecule has 0 bridgehead atoms. The van der Waals surface area contributed by atoms with Crippen molar-refractivity contribution >= 4 is 11.8 Å². The minimum atomic E-state index is 0.809. The Kier molecular flexibility index (Phi) is 4.56. The van der Waals surface area contributed by atoms with E-state index in [0.29, 0.717) is 0 Å². The summed E-state index contributed by atoms with van der Waals surface area (Å²) in [6.45, 7) is 0. The van der Waals surface area contributed by atoms with Crippen molar-refractivity contribution < 1.29 is 4.74 Å². The molecule has 26 heavy (non-hydrogen) atoms. The predicted molar refractivity (Wildman–Crippen MR) is 106 cm³/mol. The van der Waals surface area contributed by atoms with Crippen molar-refractivity contribution in [1.82, 2.24) is 9.97 Å². The van der Waals surface area contributed by atoms with Gasteiger partial charge in [-0.3, -0.25) is 4.99 Å². The van der Waals surface area contributed by atoms with Crippen LogP contribution in [0, 0.1) is 0 Å². The Labute approximate surface area is 153 Å². The highest BCUT2D eigenvalue weighted by Gasteiger charge is 2.11. The minimum absolute atomic E-state index is 0.809. The molecular weight excluding hydrogens is 322 g/mol. The van der Waals surface area contributed by atoms with Gasteiger partial charge in [-0.25, -0.2) is 0 Å². The zero-order valence-electron chi connectivity index (χ0n) is 14.7. The maximum atomic E-state index is 5.50. The normalized spacial score (nSPS) is 14.8. The summed E-state index contributed by atoms with van der Waals surface area (Å²) >= 11 is 0. The first-order chi connectivity index (χ1) is 12.8. The summed E-state index contributed by atoms with van der Waals surface area (Å²) in [5.41, 5.74) is 6.32. The molecular formula is C22H21N3O. The van der Waals surface area contributed by atoms with Crippen LogP contribution in [0.2, 0.25) is 0 Å². The minimum Gasteiger partial charge on any atom is -0.494 e. The smallest absolute Gasteiger partial charge is 0.144 e. The third-order valence-corrected chi connectivity index (χ3v) is 4.44. The van der Waals surface area contributed by atoms with E-state index in [9.17, 15) is 0 Å². The average Bonchev–Trinajstić information content (AvgIpc) is 3.42. The highest BCUT2D eigenvalue weighted by atomic mass is 16.5. The molecule has 3 heterocycles. The average molecular weight is 343 g/mol. The topological polar surface area (TPSA) is 53.2 Å². The molecule has 1 aromatic carbocycles. The van der Waals surface area contributed by atoms with Gasteiger partial charge < -0.3 is 14.7 Å². The van der Waals surface area contributed by atoms with Crippen molar-refractivity contribution in [2.45, 2.75) is 12.8 Å². The second-order valence-corrected chi connectivity index (χ2v) is 6.24. The summed E-state index contributed by atoms with van der Waals surface area (Å²) in [6.07, 6.45) is 10.0. The van der Waals surface area contributed by atoms with Crippen LogP contribution in [0.15, 0.2) is 77.6 Å². The third-order valence-electron chi connectivity index (χ3n) is 4.44. The number of aryl methyl sites for hydroxylation is 1. The number of rotatable bonds is 6. The molecule has 0 fully saturated rings. The van der Waals surface area contributed by atoms with Gasteiger partial charge in [0.1, 0.15) is 5.75 Å². The first-order valence-corrected chi connectivity index (χ1v) is 8.74. The maximum Gasteiger partial charge on any atom is 0.144 e. The van der Waals surface area contributed by atoms with Crippen LogP contribution in [-0.2, 0) is 6.42 Å². The highest BCUT2D eigenvalue weighted by molar-refractivity contribution is 5.99. The molecule has 0 saturated heterocycles. The van der Waals surface area contributed by atoms with Crippen LogP contribution >= 0.6 is 0 Å². The summed E-state index contributed by atoms with van der Waals surface area (Å²) in [7, 11) is 1.68. The largest absolute Gasteiger partial charge is 0.494 e. The lowest BCUT2D eigenvalue weighted by Crippen LogP contribution is -1.94. The molecule has 4 rings (SSSR count). The Hall–Kier alpha value is -3.27. The number of nitrogens with one attached hydrogen (secondary N) is 2. The van der Waals surface area contributed by atoms with E-state index in [-0.39, 0.29) is 0 Å². The van der Waals surface area contributed by atoms with Gasteiger partial charge in [-0.05, 0) is 48.8 Å². The number of methoxy groups -OCH3 is 1. The Morgan fingerprint density at radius 2 is 1.88 bits per heavy atom. The summed E-state index contributed by atoms with van der Waals surface area (Å²) in [4.78, 5) is 11.3. The van der Waals surface area contributed by atoms with Crippen LogP contribution < -0.4 is 4.74 Å². The van der Waals surface area contributed by atoms with Crippen molar-refractivity contribution in [2.24, 2.45) is 4.99 Å². The predicted octanol–water partition coefficient (Wildman–Crippen LogP) is 5.00. The molecule has 0 atom stereocenters. The number of aromatic amines is 2. The van der Waals surface area contributed by atoms with Crippen LogP contribution in [0.1, 0.15) is 17.7 Å². The van der Waals surface area contributed by atoms with Gasteiger partial charge in [0.2, 0.25) is 0 Å². The zero-order valence-corrected chi connectivity index (χ0v) is 14.7. The lowest BCUT2D eigenvalue weighted by molar-refractivity contribution is 0.414. The van der Waals surface area contributed by atoms with Crippen molar-refractivity contribution in [1.29, 1.82) is 0 Å². The van der Waals surface area contributed by atoms with Gasteiger partial charge in [-0.1, -0.05) is 30.3 Å². The molecule has 0 saturated carbocycles. The standard InChI is InChI=1S/C22H21N3O/c1-26-22-15-20(19-8-5-13-23-19)25-21(22)14-18-12-11-17(24-18)10-9-16-6-3-2-4-7-16/h2-8,11-15,23,25H,9-10H2,1H3/b18-14-. The van der Waals surface area contributed by atoms with Crippen LogP contribution in [0.25, 0.3) is 17.5 Å². The molecule has 130 valence electrons. The molecule has 0 aliphatic carbocycles. The monoisotopic (exact) mass is 343 g/mol. The Balaban J connectivity index is 1.50. The molecule has 0 unspecified atom stereocenters. The first-order valence-electron chi connectivity index (χ1n) is 8.74. The lowest BCUT2D eigenvalue weighted by atomic mass is 10.1. The molecule has 0 spiro atoms. The van der Waals surface area contributed by atoms with E-state index in [1.165, 1.54) is 5.56 Å². The van der Waals surface area contributed by atoms with E-state index in [1.807, 2.05) is 36.5 Å². The van der Waals surface area contributed by atoms with Gasteiger partial charge in [0.25, 0.3) is 0 Å². The number of hydrogen-bond acceptors (Lipinski definition) is 2. The molecule has 0 radical (unpaired) electrons. The van der Waals surface area contributed by atoms with E-state index in [0.717, 1.165) is 47.1 Å². The van der Waals surface area contributed by atoms with Crippen LogP contribution in [0.5, 0.6) is 5.75 Å². The first kappa shape index (κ1) is 16.2. The molecule has 2 N–H and O–H groups in total. The number of H-pyrrole nitrogens is 2. The number of benzene rings is 1. The SMILES string of the molecule is COc1cc(-c2ccc[nH]2)[nH]c1/C=C1/C=CC(CCc2ccccc2)=N1. The van der Waals surface area contributed by atoms with E-state index < -0.39 is 0 Å². The van der Waals surface area contributed by atoms with Gasteiger partial charge in [0.05, 0.1) is 29.9 Å². The molecule has 3 aromatic rings. The van der Waals surface area contributed by atoms with Gasteiger partial charge in [0.15, 0.2) is 0 Å². The van der Waals surface area contributed by atoms with Crippen molar-refractivity contribution in [2.75, 3.05) is 7.11 Å². The van der Waals surface area contributed by atoms with Gasteiger partial charge >= 0.3 is 0 Å². The fraction of sp³-hybridized carbons (Fsp3) is 0.136. The molecule has 1 aliphatic heterocycles. The fourth-order valence-electron chi connectivity index (χ4n) is 3.08. The Morgan fingerprint density at radius 3 is 2.65 bits per heavy atom. The number of nitrogens with zero attached hydrogens (tertiary/aromatic N) is 1. The Bertz CT molecular complexity index is 960. The molecule has 1 aliphatic rings. The number of hydrogen-bond donors (Lipinski definition) is 2. The van der Waals surface area contributed by atoms with Gasteiger partial charge in [-0.15, -0.1) is 0 Å². The zero-order chi connectivity index (χ0) is 17.8. The van der Waals surface area contributed by atoms with Gasteiger partial charge in [-0.2, -0.15) is 0 Å². The Morgan fingerprint density at radius 1 is 1.00 bits per heavy atom. The summed E-state index contributed by atoms with van der Waals surface area (Å²) in [5, 5.41) is 0. The van der Waals surface area contributed by atoms with Crippen LogP contribution in [-0.4, -0.2) is 22.8 Å². The molecule has 4 heteroatoms. The summed E-state index contributed by atoms with van der Waals surface area (Å²) in [5.74, 6) is 0.809. The number of aliphatic imine (C=N–C) groups is 1. The van der Waals surface area contributed by atoms with E-state index >= 15 is 0 Å². The second kappa shape index (κ2) is 7.31. The van der Waals surface area contributed by atoms with E-state index in [4.69, 9.17) is 9.73 Å². The van der Waals surface area contributed by atoms with Crippen molar-refractivity contribution in [3.05, 3.63) is 83.8 Å². The van der Waals surface area contributed by atoms with Crippen LogP contribution in [0.3, 0.4) is 0 Å². The summed E-state index contributed by atoms with van der Waals surface area (Å²) < 4.78 is 5.50. The molecule has 0 amide bonds. The summed E-state index contributed by atoms with van der Waals surface area (Å²) in [6, 6.07) is 16.5. The van der Waals surface area contributed by atoms with Crippen molar-refractivity contribution in [3.63, 3.8) is 0 Å². The van der Waals surface area contributed by atoms with E-state index in [2.05, 4.69) is 46.4 Å². The maximum absolute atomic E-state index is 5.50. The van der Waals surface area contributed by atoms with E-state index in [1.54, 1.807) is 7.11 Å². The lowest BCUT2D eigenvalue weighted by Gasteiger charge is -2.00. The quantitative estimate of drug-likeness (QED) is 0.650. The number of ether oxygens (including phenoxy) is 1. The van der Waals surface area contributed by atoms with Gasteiger partial charge in [0, 0.05) is 18.0 Å². The molecule has 2 aromatic heterocycles. The molecule has 4 nitrogen and oxygen atoms in total. The third kappa shape index (κ3) is 3.54. The fourth-order valence-corrected chi connectivity index (χ4v) is 3.08. The number of aromatic nitrogens is 2. The highest BCUT2D eigenvalue weighted by Crippen LogP contribution is 2.29. The second-order valence-electron chi connectivity index (χ2n) is 6.24. The van der Waals surface area contributed by atoms with Crippen molar-refractivity contribution in [3.8, 4) is 17.1 Å².